The maximum Gasteiger partial charge on any atom is 0.291 e. The smallest absolute Gasteiger partial charge is 0.291 e. The molecule has 0 saturated carbocycles. The molecular weight excluding hydrogens is 323 g/mol. The van der Waals surface area contributed by atoms with Crippen LogP contribution in [-0.2, 0) is 4.74 Å². The van der Waals surface area contributed by atoms with E-state index in [2.05, 4.69) is 10.3 Å². The lowest BCUT2D eigenvalue weighted by Crippen LogP contribution is -2.34. The molecule has 1 rings (SSSR count). The number of amides is 1. The highest BCUT2D eigenvalue weighted by atomic mass is 35.5. The van der Waals surface area contributed by atoms with E-state index < -0.39 is 0 Å². The third-order valence-electron chi connectivity index (χ3n) is 2.88. The lowest BCUT2D eigenvalue weighted by molar-refractivity contribution is 0.0963. The Hall–Kier alpha value is -1.26. The van der Waals surface area contributed by atoms with Crippen LogP contribution in [0.3, 0.4) is 0 Å². The summed E-state index contributed by atoms with van der Waals surface area (Å²) in [7, 11) is 0. The number of halogens is 2. The van der Waals surface area contributed by atoms with Crippen LogP contribution < -0.4 is 5.32 Å². The maximum absolute atomic E-state index is 12.3. The van der Waals surface area contributed by atoms with E-state index in [-0.39, 0.29) is 18.0 Å². The van der Waals surface area contributed by atoms with E-state index in [9.17, 15) is 4.79 Å². The third-order valence-corrected chi connectivity index (χ3v) is 3.62. The molecular formula is C16H22Cl2N2O2. The summed E-state index contributed by atoms with van der Waals surface area (Å²) in [5.41, 5.74) is 0.402. The molecule has 4 nitrogen and oxygen atoms in total. The van der Waals surface area contributed by atoms with Crippen molar-refractivity contribution in [1.82, 2.24) is 5.32 Å². The molecule has 0 aliphatic carbocycles. The normalized spacial score (nSPS) is 13.1. The fourth-order valence-electron chi connectivity index (χ4n) is 1.45. The van der Waals surface area contributed by atoms with Crippen LogP contribution in [0, 0.1) is 5.92 Å². The first-order valence-corrected chi connectivity index (χ1v) is 8.06. The highest BCUT2D eigenvalue weighted by molar-refractivity contribution is 6.42. The van der Waals surface area contributed by atoms with Gasteiger partial charge in [-0.25, -0.2) is 4.99 Å². The zero-order valence-electron chi connectivity index (χ0n) is 13.3. The number of amidine groups is 1. The lowest BCUT2D eigenvalue weighted by atomic mass is 10.2. The van der Waals surface area contributed by atoms with Gasteiger partial charge >= 0.3 is 0 Å². The molecule has 22 heavy (non-hydrogen) atoms. The number of carbonyl (C=O) groups is 1. The highest BCUT2D eigenvalue weighted by Crippen LogP contribution is 2.22. The standard InChI is InChI=1S/C16H22Cl2N2O2/c1-5-11(4)19-16(22-9-10(2)3)20-15(21)12-6-7-13(17)14(18)8-12/h6-8,10-11H,5,9H2,1-4H3,(H,19,20,21)/t11-/m1/s1. The van der Waals surface area contributed by atoms with Gasteiger partial charge in [0.15, 0.2) is 0 Å². The molecule has 6 heteroatoms. The molecule has 0 saturated heterocycles. The molecule has 1 amide bonds. The predicted molar refractivity (Wildman–Crippen MR) is 91.9 cm³/mol. The number of rotatable bonds is 5. The maximum atomic E-state index is 12.3. The quantitative estimate of drug-likeness (QED) is 0.629. The Bertz CT molecular complexity index is 545. The topological polar surface area (TPSA) is 50.7 Å². The lowest BCUT2D eigenvalue weighted by Gasteiger charge is -2.14. The van der Waals surface area contributed by atoms with Crippen LogP contribution in [0.4, 0.5) is 0 Å². The fraction of sp³-hybridized carbons (Fsp3) is 0.500. The van der Waals surface area contributed by atoms with E-state index in [1.807, 2.05) is 27.7 Å². The van der Waals surface area contributed by atoms with Crippen molar-refractivity contribution in [3.05, 3.63) is 33.8 Å². The molecule has 0 aliphatic heterocycles. The van der Waals surface area contributed by atoms with Crippen molar-refractivity contribution in [3.8, 4) is 0 Å². The molecule has 0 heterocycles. The summed E-state index contributed by atoms with van der Waals surface area (Å²) in [5.74, 6) is 0.00777. The van der Waals surface area contributed by atoms with Crippen molar-refractivity contribution >= 4 is 35.1 Å². The SMILES string of the molecule is CC[C@@H](C)N=C(NC(=O)c1ccc(Cl)c(Cl)c1)OCC(C)C. The Kier molecular flexibility index (Phi) is 7.69. The fourth-order valence-corrected chi connectivity index (χ4v) is 1.75. The first-order chi connectivity index (χ1) is 10.3. The first-order valence-electron chi connectivity index (χ1n) is 7.30. The molecule has 0 aromatic heterocycles. The molecule has 1 aromatic rings. The van der Waals surface area contributed by atoms with Crippen LogP contribution in [0.5, 0.6) is 0 Å². The number of nitrogens with zero attached hydrogens (tertiary/aromatic N) is 1. The van der Waals surface area contributed by atoms with E-state index in [1.165, 1.54) is 6.07 Å². The predicted octanol–water partition coefficient (Wildman–Crippen LogP) is 4.55. The summed E-state index contributed by atoms with van der Waals surface area (Å²) < 4.78 is 5.58. The number of nitrogens with one attached hydrogen (secondary N) is 1. The minimum absolute atomic E-state index is 0.0660. The van der Waals surface area contributed by atoms with Crippen LogP contribution >= 0.6 is 23.2 Å². The van der Waals surface area contributed by atoms with E-state index in [0.29, 0.717) is 28.1 Å². The van der Waals surface area contributed by atoms with Gasteiger partial charge in [-0.2, -0.15) is 0 Å². The Morgan fingerprint density at radius 1 is 1.27 bits per heavy atom. The first kappa shape index (κ1) is 18.8. The van der Waals surface area contributed by atoms with Crippen LogP contribution in [-0.4, -0.2) is 24.6 Å². The van der Waals surface area contributed by atoms with Crippen molar-refractivity contribution < 1.29 is 9.53 Å². The van der Waals surface area contributed by atoms with Crippen molar-refractivity contribution in [2.24, 2.45) is 10.9 Å². The Morgan fingerprint density at radius 2 is 1.95 bits per heavy atom. The minimum atomic E-state index is -0.329. The summed E-state index contributed by atoms with van der Waals surface area (Å²) in [5, 5.41) is 3.42. The molecule has 0 aliphatic rings. The van der Waals surface area contributed by atoms with Gasteiger partial charge in [-0.05, 0) is 37.5 Å². The number of hydrogen-bond donors (Lipinski definition) is 1. The van der Waals surface area contributed by atoms with E-state index >= 15 is 0 Å². The van der Waals surface area contributed by atoms with Gasteiger partial charge in [0.1, 0.15) is 0 Å². The number of carbonyl (C=O) groups excluding carboxylic acids is 1. The van der Waals surface area contributed by atoms with E-state index in [1.54, 1.807) is 12.1 Å². The summed E-state index contributed by atoms with van der Waals surface area (Å²) in [6, 6.07) is 5.00. The zero-order valence-corrected chi connectivity index (χ0v) is 14.8. The van der Waals surface area contributed by atoms with Crippen LogP contribution in [0.1, 0.15) is 44.5 Å². The number of benzene rings is 1. The molecule has 0 fully saturated rings. The average molecular weight is 345 g/mol. The van der Waals surface area contributed by atoms with Crippen molar-refractivity contribution in [1.29, 1.82) is 0 Å². The largest absolute Gasteiger partial charge is 0.465 e. The van der Waals surface area contributed by atoms with E-state index in [4.69, 9.17) is 27.9 Å². The Balaban J connectivity index is 2.85. The van der Waals surface area contributed by atoms with Gasteiger partial charge in [0.25, 0.3) is 11.9 Å². The van der Waals surface area contributed by atoms with Gasteiger partial charge in [-0.1, -0.05) is 44.0 Å². The van der Waals surface area contributed by atoms with Gasteiger partial charge in [0.05, 0.1) is 22.7 Å². The summed E-state index contributed by atoms with van der Waals surface area (Å²) in [6.07, 6.45) is 0.858. The second kappa shape index (κ2) is 9.01. The minimum Gasteiger partial charge on any atom is -0.465 e. The van der Waals surface area contributed by atoms with Gasteiger partial charge in [-0.15, -0.1) is 0 Å². The summed E-state index contributed by atoms with van der Waals surface area (Å²) in [4.78, 5) is 16.6. The molecule has 122 valence electrons. The Morgan fingerprint density at radius 3 is 2.50 bits per heavy atom. The highest BCUT2D eigenvalue weighted by Gasteiger charge is 2.13. The van der Waals surface area contributed by atoms with Gasteiger partial charge < -0.3 is 4.74 Å². The second-order valence-corrected chi connectivity index (χ2v) is 6.29. The summed E-state index contributed by atoms with van der Waals surface area (Å²) >= 11 is 11.8. The van der Waals surface area contributed by atoms with Crippen molar-refractivity contribution in [3.63, 3.8) is 0 Å². The zero-order chi connectivity index (χ0) is 16.7. The van der Waals surface area contributed by atoms with Crippen LogP contribution in [0.25, 0.3) is 0 Å². The molecule has 1 atom stereocenters. The molecule has 0 radical (unpaired) electrons. The average Bonchev–Trinajstić information content (AvgIpc) is 2.47. The van der Waals surface area contributed by atoms with Gasteiger partial charge in [0, 0.05) is 5.56 Å². The van der Waals surface area contributed by atoms with Crippen LogP contribution in [0.15, 0.2) is 23.2 Å². The Labute approximate surface area is 141 Å². The molecule has 1 N–H and O–H groups in total. The second-order valence-electron chi connectivity index (χ2n) is 5.48. The van der Waals surface area contributed by atoms with Gasteiger partial charge in [-0.3, -0.25) is 10.1 Å². The molecule has 0 bridgehead atoms. The van der Waals surface area contributed by atoms with Crippen LogP contribution in [0.2, 0.25) is 10.0 Å². The van der Waals surface area contributed by atoms with Crippen molar-refractivity contribution in [2.75, 3.05) is 6.61 Å². The molecule has 0 spiro atoms. The number of aliphatic imine (C=N–C) groups is 1. The monoisotopic (exact) mass is 344 g/mol. The number of ether oxygens (including phenoxy) is 1. The van der Waals surface area contributed by atoms with Gasteiger partial charge in [0.2, 0.25) is 0 Å². The molecule has 0 unspecified atom stereocenters. The summed E-state index contributed by atoms with van der Waals surface area (Å²) in [6.45, 7) is 8.53. The molecule has 1 aromatic carbocycles. The van der Waals surface area contributed by atoms with E-state index in [0.717, 1.165) is 6.42 Å². The van der Waals surface area contributed by atoms with Crippen molar-refractivity contribution in [2.45, 2.75) is 40.2 Å². The third kappa shape index (κ3) is 6.24. The number of hydrogen-bond acceptors (Lipinski definition) is 3.